The van der Waals surface area contributed by atoms with Crippen molar-refractivity contribution in [1.82, 2.24) is 20.0 Å². The van der Waals surface area contributed by atoms with Crippen molar-refractivity contribution in [3.05, 3.63) is 83.7 Å². The van der Waals surface area contributed by atoms with E-state index in [1.165, 1.54) is 4.90 Å². The van der Waals surface area contributed by atoms with Crippen LogP contribution in [0, 0.1) is 0 Å². The number of benzene rings is 2. The zero-order valence-electron chi connectivity index (χ0n) is 27.8. The Morgan fingerprint density at radius 3 is 2.49 bits per heavy atom. The molecule has 3 aliphatic rings. The lowest BCUT2D eigenvalue weighted by Gasteiger charge is -2.28. The van der Waals surface area contributed by atoms with Crippen LogP contribution in [0.5, 0.6) is 0 Å². The van der Waals surface area contributed by atoms with E-state index in [0.717, 1.165) is 17.0 Å². The minimum absolute atomic E-state index is 0.0642. The van der Waals surface area contributed by atoms with Crippen LogP contribution in [0.2, 0.25) is 0 Å². The predicted molar refractivity (Wildman–Crippen MR) is 188 cm³/mol. The standard InChI is InChI=1S/C35H44N10O4/c1-43-19-7-12-27-30(43)29(34(49)44(27)2)40-23-14-16-24(17-15-23)41-31(46)26(11-6-18-39-35(37)38)42-32(47)28-13-8-20-45(28)33(48)25(36)21-22-9-4-3-5-10-22/h3-5,7,9-10,12,14-17,25-26,28H,6,8,11,13,18-21,36H2,1-2H3,(H,41,46)(H,42,47)(H4,37,38,39)/t25-,26+,28+/m1/s1. The van der Waals surface area contributed by atoms with E-state index in [1.807, 2.05) is 54.4 Å². The van der Waals surface area contributed by atoms with Gasteiger partial charge in [0.15, 0.2) is 11.7 Å². The molecule has 14 nitrogen and oxygen atoms in total. The number of hydrogen-bond donors (Lipinski definition) is 5. The summed E-state index contributed by atoms with van der Waals surface area (Å²) in [7, 11) is 3.63. The molecule has 5 rings (SSSR count). The molecule has 0 aliphatic carbocycles. The van der Waals surface area contributed by atoms with E-state index < -0.39 is 29.9 Å². The summed E-state index contributed by atoms with van der Waals surface area (Å²) in [5.74, 6) is -1.42. The van der Waals surface area contributed by atoms with Crippen LogP contribution in [-0.2, 0) is 25.6 Å². The van der Waals surface area contributed by atoms with E-state index in [-0.39, 0.29) is 30.7 Å². The second-order valence-corrected chi connectivity index (χ2v) is 12.4. The molecule has 0 saturated carbocycles. The fourth-order valence-electron chi connectivity index (χ4n) is 6.22. The van der Waals surface area contributed by atoms with Gasteiger partial charge < -0.3 is 42.5 Å². The third-order valence-corrected chi connectivity index (χ3v) is 8.78. The van der Waals surface area contributed by atoms with Gasteiger partial charge in [-0.05, 0) is 68.0 Å². The van der Waals surface area contributed by atoms with Gasteiger partial charge in [0.1, 0.15) is 12.1 Å². The lowest BCUT2D eigenvalue weighted by Crippen LogP contribution is -2.54. The molecule has 3 aliphatic heterocycles. The Bertz CT molecular complexity index is 1680. The monoisotopic (exact) mass is 668 g/mol. The van der Waals surface area contributed by atoms with Gasteiger partial charge >= 0.3 is 0 Å². The van der Waals surface area contributed by atoms with E-state index in [9.17, 15) is 19.2 Å². The van der Waals surface area contributed by atoms with Crippen molar-refractivity contribution in [2.75, 3.05) is 39.0 Å². The number of nitrogens with zero attached hydrogens (tertiary/aromatic N) is 5. The molecule has 1 fully saturated rings. The predicted octanol–water partition coefficient (Wildman–Crippen LogP) is 0.982. The lowest BCUT2D eigenvalue weighted by molar-refractivity contribution is -0.140. The molecule has 258 valence electrons. The van der Waals surface area contributed by atoms with E-state index in [4.69, 9.17) is 17.2 Å². The van der Waals surface area contributed by atoms with Gasteiger partial charge in [0.2, 0.25) is 17.7 Å². The Kier molecular flexibility index (Phi) is 11.1. The topological polar surface area (TPSA) is 205 Å². The van der Waals surface area contributed by atoms with E-state index in [2.05, 4.69) is 20.6 Å². The summed E-state index contributed by atoms with van der Waals surface area (Å²) in [6.07, 6.45) is 6.05. The molecule has 8 N–H and O–H groups in total. The number of nitrogens with one attached hydrogen (secondary N) is 2. The van der Waals surface area contributed by atoms with Crippen LogP contribution in [0.1, 0.15) is 31.2 Å². The number of aliphatic imine (C=N–C) groups is 2. The first-order valence-corrected chi connectivity index (χ1v) is 16.4. The Hall–Kier alpha value is -5.50. The van der Waals surface area contributed by atoms with Crippen LogP contribution >= 0.6 is 0 Å². The first-order valence-electron chi connectivity index (χ1n) is 16.4. The Balaban J connectivity index is 1.26. The molecule has 0 radical (unpaired) electrons. The maximum atomic E-state index is 13.6. The van der Waals surface area contributed by atoms with Crippen LogP contribution in [0.4, 0.5) is 11.4 Å². The van der Waals surface area contributed by atoms with Crippen molar-refractivity contribution in [1.29, 1.82) is 0 Å². The molecule has 0 bridgehead atoms. The molecular formula is C35H44N10O4. The number of likely N-dealkylation sites (N-methyl/N-ethyl adjacent to an activating group) is 2. The van der Waals surface area contributed by atoms with Crippen LogP contribution in [0.25, 0.3) is 0 Å². The van der Waals surface area contributed by atoms with Gasteiger partial charge in [0.05, 0.1) is 23.1 Å². The number of rotatable bonds is 12. The van der Waals surface area contributed by atoms with Gasteiger partial charge in [-0.3, -0.25) is 24.2 Å². The van der Waals surface area contributed by atoms with Crippen molar-refractivity contribution < 1.29 is 19.2 Å². The first kappa shape index (κ1) is 34.8. The third-order valence-electron chi connectivity index (χ3n) is 8.78. The number of hydrogen-bond acceptors (Lipinski definition) is 8. The highest BCUT2D eigenvalue weighted by Gasteiger charge is 2.38. The number of amides is 4. The number of likely N-dealkylation sites (tertiary alicyclic amines) is 1. The van der Waals surface area contributed by atoms with E-state index in [1.54, 1.807) is 36.2 Å². The van der Waals surface area contributed by atoms with E-state index in [0.29, 0.717) is 55.9 Å². The van der Waals surface area contributed by atoms with Gasteiger partial charge in [-0.1, -0.05) is 36.4 Å². The second-order valence-electron chi connectivity index (χ2n) is 12.4. The maximum absolute atomic E-state index is 13.6. The number of allylic oxidation sites excluding steroid dienone is 1. The quantitative estimate of drug-likeness (QED) is 0.125. The molecule has 0 aromatic heterocycles. The Morgan fingerprint density at radius 1 is 1.04 bits per heavy atom. The second kappa shape index (κ2) is 15.6. The molecule has 0 spiro atoms. The smallest absolute Gasteiger partial charge is 0.278 e. The maximum Gasteiger partial charge on any atom is 0.278 e. The average molecular weight is 669 g/mol. The van der Waals surface area contributed by atoms with Crippen molar-refractivity contribution in [3.63, 3.8) is 0 Å². The Labute approximate surface area is 285 Å². The third kappa shape index (κ3) is 8.33. The fourth-order valence-corrected chi connectivity index (χ4v) is 6.22. The molecule has 49 heavy (non-hydrogen) atoms. The molecule has 14 heteroatoms. The minimum atomic E-state index is -0.927. The van der Waals surface area contributed by atoms with Gasteiger partial charge in [-0.15, -0.1) is 0 Å². The van der Waals surface area contributed by atoms with E-state index >= 15 is 0 Å². The zero-order valence-corrected chi connectivity index (χ0v) is 27.8. The zero-order chi connectivity index (χ0) is 35.1. The SMILES string of the molecule is CN1CC=CC2=C1C(=Nc1ccc(NC(=O)[C@H](CCCN=C(N)N)NC(=O)[C@@H]3CCCN3C(=O)[C@H](N)Cc3ccccc3)cc1)C(=O)N2C. The molecule has 1 saturated heterocycles. The van der Waals surface area contributed by atoms with Crippen molar-refractivity contribution in [2.45, 2.75) is 50.2 Å². The molecule has 2 aromatic rings. The van der Waals surface area contributed by atoms with Crippen LogP contribution < -0.4 is 27.8 Å². The van der Waals surface area contributed by atoms with Gasteiger partial charge in [-0.25, -0.2) is 4.99 Å². The van der Waals surface area contributed by atoms with Crippen molar-refractivity contribution in [2.24, 2.45) is 27.2 Å². The molecule has 0 unspecified atom stereocenters. The highest BCUT2D eigenvalue weighted by molar-refractivity contribution is 6.48. The first-order chi connectivity index (χ1) is 23.5. The van der Waals surface area contributed by atoms with Crippen molar-refractivity contribution >= 4 is 46.7 Å². The largest absolute Gasteiger partial charge is 0.370 e. The number of carbonyl (C=O) groups is 4. The molecule has 3 atom stereocenters. The molecule has 4 amide bonds. The van der Waals surface area contributed by atoms with Gasteiger partial charge in [0, 0.05) is 39.4 Å². The number of nitrogens with two attached hydrogens (primary N) is 3. The summed E-state index contributed by atoms with van der Waals surface area (Å²) >= 11 is 0. The lowest BCUT2D eigenvalue weighted by atomic mass is 10.0. The minimum Gasteiger partial charge on any atom is -0.370 e. The summed E-state index contributed by atoms with van der Waals surface area (Å²) in [5.41, 5.74) is 21.1. The van der Waals surface area contributed by atoms with Crippen LogP contribution in [-0.4, -0.2) is 102 Å². The highest BCUT2D eigenvalue weighted by atomic mass is 16.2. The highest BCUT2D eigenvalue weighted by Crippen LogP contribution is 2.29. The fraction of sp³-hybridized carbons (Fsp3) is 0.371. The normalized spacial score (nSPS) is 19.2. The average Bonchev–Trinajstić information content (AvgIpc) is 3.67. The number of carbonyl (C=O) groups excluding carboxylic acids is 4. The molecule has 2 aromatic carbocycles. The van der Waals surface area contributed by atoms with Crippen LogP contribution in [0.3, 0.4) is 0 Å². The summed E-state index contributed by atoms with van der Waals surface area (Å²) in [4.78, 5) is 67.1. The molecule has 3 heterocycles. The summed E-state index contributed by atoms with van der Waals surface area (Å²) in [6.45, 7) is 1.35. The summed E-state index contributed by atoms with van der Waals surface area (Å²) in [5, 5.41) is 5.73. The molecular weight excluding hydrogens is 624 g/mol. The van der Waals surface area contributed by atoms with Crippen molar-refractivity contribution in [3.8, 4) is 0 Å². The number of anilines is 1. The number of guanidine groups is 1. The van der Waals surface area contributed by atoms with Crippen LogP contribution in [0.15, 0.2) is 88.1 Å². The Morgan fingerprint density at radius 2 is 1.78 bits per heavy atom. The van der Waals surface area contributed by atoms with Gasteiger partial charge in [-0.2, -0.15) is 0 Å². The van der Waals surface area contributed by atoms with Gasteiger partial charge in [0.25, 0.3) is 5.91 Å². The summed E-state index contributed by atoms with van der Waals surface area (Å²) < 4.78 is 0. The summed E-state index contributed by atoms with van der Waals surface area (Å²) in [6, 6.07) is 13.8.